The number of carboxylic acids is 2. The fourth-order valence-corrected chi connectivity index (χ4v) is 6.89. The highest BCUT2D eigenvalue weighted by Gasteiger charge is 2.49. The number of rotatable bonds is 13. The molecule has 216 valence electrons. The second-order valence-corrected chi connectivity index (χ2v) is 11.8. The lowest BCUT2D eigenvalue weighted by Gasteiger charge is -2.35. The van der Waals surface area contributed by atoms with Crippen molar-refractivity contribution in [2.75, 3.05) is 0 Å². The number of nitrogens with zero attached hydrogens (tertiary/aromatic N) is 3. The van der Waals surface area contributed by atoms with E-state index < -0.39 is 23.3 Å². The maximum Gasteiger partial charge on any atom is 0.318 e. The summed E-state index contributed by atoms with van der Waals surface area (Å²) in [6.45, 7) is 4.47. The van der Waals surface area contributed by atoms with Crippen LogP contribution in [0.25, 0.3) is 21.1 Å². The Bertz CT molecular complexity index is 1630. The summed E-state index contributed by atoms with van der Waals surface area (Å²) in [4.78, 5) is 29.9. The molecular weight excluding hydrogens is 571 g/mol. The van der Waals surface area contributed by atoms with Gasteiger partial charge in [0.15, 0.2) is 5.92 Å². The van der Waals surface area contributed by atoms with E-state index >= 15 is 0 Å². The van der Waals surface area contributed by atoms with Crippen LogP contribution in [0.4, 0.5) is 0 Å². The van der Waals surface area contributed by atoms with Gasteiger partial charge in [-0.2, -0.15) is 5.10 Å². The molecule has 0 aliphatic carbocycles. The Balaban J connectivity index is 1.35. The maximum absolute atomic E-state index is 12.2. The number of benzene rings is 2. The van der Waals surface area contributed by atoms with E-state index in [4.69, 9.17) is 9.84 Å². The molecule has 0 aliphatic heterocycles. The molecule has 0 unspecified atom stereocenters. The van der Waals surface area contributed by atoms with Gasteiger partial charge in [-0.05, 0) is 42.0 Å². The number of hydrogen-bond donors (Lipinski definition) is 2. The molecule has 0 radical (unpaired) electrons. The number of thiazole rings is 1. The van der Waals surface area contributed by atoms with Gasteiger partial charge >= 0.3 is 11.9 Å². The van der Waals surface area contributed by atoms with E-state index in [1.165, 1.54) is 11.3 Å². The minimum Gasteiger partial charge on any atom is -0.487 e. The Kier molecular flexibility index (Phi) is 8.84. The third kappa shape index (κ3) is 6.00. The molecule has 3 heterocycles. The predicted octanol–water partition coefficient (Wildman–Crippen LogP) is 7.21. The van der Waals surface area contributed by atoms with Crippen LogP contribution in [0.2, 0.25) is 0 Å². The van der Waals surface area contributed by atoms with E-state index in [1.807, 2.05) is 97.5 Å². The zero-order valence-electron chi connectivity index (χ0n) is 23.3. The molecule has 0 atom stereocenters. The lowest BCUT2D eigenvalue weighted by atomic mass is 9.66. The highest BCUT2D eigenvalue weighted by atomic mass is 32.1. The summed E-state index contributed by atoms with van der Waals surface area (Å²) in [5.74, 6) is -3.57. The van der Waals surface area contributed by atoms with Gasteiger partial charge in [0.1, 0.15) is 23.1 Å². The van der Waals surface area contributed by atoms with Crippen molar-refractivity contribution in [3.63, 3.8) is 0 Å². The quantitative estimate of drug-likeness (QED) is 0.137. The van der Waals surface area contributed by atoms with Crippen molar-refractivity contribution in [2.45, 2.75) is 45.3 Å². The topological polar surface area (TPSA) is 115 Å². The van der Waals surface area contributed by atoms with Crippen molar-refractivity contribution in [1.29, 1.82) is 0 Å². The predicted molar refractivity (Wildman–Crippen MR) is 164 cm³/mol. The zero-order chi connectivity index (χ0) is 29.7. The molecule has 5 rings (SSSR count). The Hall–Kier alpha value is -4.28. The van der Waals surface area contributed by atoms with Gasteiger partial charge in [0.25, 0.3) is 0 Å². The van der Waals surface area contributed by atoms with Crippen molar-refractivity contribution in [3.8, 4) is 26.9 Å². The summed E-state index contributed by atoms with van der Waals surface area (Å²) in [5.41, 5.74) is 3.06. The van der Waals surface area contributed by atoms with Crippen LogP contribution in [0, 0.1) is 5.92 Å². The van der Waals surface area contributed by atoms with Gasteiger partial charge in [-0.15, -0.1) is 22.7 Å². The van der Waals surface area contributed by atoms with Crippen LogP contribution in [0.15, 0.2) is 83.7 Å². The first-order valence-electron chi connectivity index (χ1n) is 13.6. The normalized spacial score (nSPS) is 11.6. The van der Waals surface area contributed by atoms with Crippen LogP contribution in [0.3, 0.4) is 0 Å². The average Bonchev–Trinajstić information content (AvgIpc) is 3.77. The van der Waals surface area contributed by atoms with E-state index in [-0.39, 0.29) is 0 Å². The Morgan fingerprint density at radius 2 is 1.67 bits per heavy atom. The minimum absolute atomic E-state index is 0.342. The van der Waals surface area contributed by atoms with E-state index in [2.05, 4.69) is 4.98 Å². The summed E-state index contributed by atoms with van der Waals surface area (Å²) in [6, 6.07) is 21.6. The van der Waals surface area contributed by atoms with Gasteiger partial charge in [0.05, 0.1) is 17.1 Å². The molecule has 2 aromatic carbocycles. The summed E-state index contributed by atoms with van der Waals surface area (Å²) in [5, 5.41) is 29.6. The molecular formula is C32H31N3O5S2. The van der Waals surface area contributed by atoms with Crippen molar-refractivity contribution in [2.24, 2.45) is 5.92 Å². The van der Waals surface area contributed by atoms with Crippen LogP contribution in [-0.4, -0.2) is 36.9 Å². The van der Waals surface area contributed by atoms with Crippen LogP contribution in [0.1, 0.15) is 43.5 Å². The monoisotopic (exact) mass is 601 g/mol. The Morgan fingerprint density at radius 3 is 2.29 bits per heavy atom. The first-order valence-corrected chi connectivity index (χ1v) is 15.4. The highest BCUT2D eigenvalue weighted by molar-refractivity contribution is 7.13. The standard InChI is InChI=1S/C32H31N3O5S2/c1-3-32(4-2,27(30(36)37)31(38)39)25-18-35(34-28(25)26-11-8-16-41-26)17-21-12-14-24(15-13-21)40-19-23-20-42-29(33-23)22-9-6-5-7-10-22/h5-16,18,20,27H,3-4,17,19H2,1-2H3,(H,36,37)(H,38,39). The van der Waals surface area contributed by atoms with E-state index in [1.54, 1.807) is 16.0 Å². The van der Waals surface area contributed by atoms with E-state index in [0.717, 1.165) is 32.5 Å². The van der Waals surface area contributed by atoms with Gasteiger partial charge in [0, 0.05) is 28.1 Å². The second kappa shape index (κ2) is 12.7. The molecule has 5 aromatic rings. The lowest BCUT2D eigenvalue weighted by molar-refractivity contribution is -0.158. The molecule has 0 amide bonds. The first kappa shape index (κ1) is 29.2. The van der Waals surface area contributed by atoms with Gasteiger partial charge < -0.3 is 14.9 Å². The first-order chi connectivity index (χ1) is 20.3. The van der Waals surface area contributed by atoms with E-state index in [0.29, 0.717) is 37.3 Å². The molecule has 2 N–H and O–H groups in total. The van der Waals surface area contributed by atoms with Crippen molar-refractivity contribution in [3.05, 3.63) is 101 Å². The Labute approximate surface area is 251 Å². The number of aliphatic carboxylic acids is 2. The molecule has 0 bridgehead atoms. The van der Waals surface area contributed by atoms with E-state index in [9.17, 15) is 19.8 Å². The molecule has 0 spiro atoms. The summed E-state index contributed by atoms with van der Waals surface area (Å²) in [6.07, 6.45) is 2.50. The number of aromatic nitrogens is 3. The van der Waals surface area contributed by atoms with Crippen LogP contribution < -0.4 is 4.74 Å². The molecule has 0 saturated carbocycles. The minimum atomic E-state index is -1.60. The number of carbonyl (C=O) groups is 2. The SMILES string of the molecule is CCC(CC)(c1cn(Cc2ccc(OCc3csc(-c4ccccc4)n3)cc2)nc1-c1cccs1)C(C(=O)O)C(=O)O. The fourth-order valence-electron chi connectivity index (χ4n) is 5.36. The lowest BCUT2D eigenvalue weighted by Crippen LogP contribution is -2.44. The number of thiophene rings is 1. The summed E-state index contributed by atoms with van der Waals surface area (Å²) >= 11 is 3.08. The van der Waals surface area contributed by atoms with Gasteiger partial charge in [-0.25, -0.2) is 4.98 Å². The average molecular weight is 602 g/mol. The van der Waals surface area contributed by atoms with Crippen molar-refractivity contribution in [1.82, 2.24) is 14.8 Å². The van der Waals surface area contributed by atoms with Crippen LogP contribution >= 0.6 is 22.7 Å². The molecule has 0 aliphatic rings. The molecule has 8 nitrogen and oxygen atoms in total. The zero-order valence-corrected chi connectivity index (χ0v) is 24.9. The largest absolute Gasteiger partial charge is 0.487 e. The van der Waals surface area contributed by atoms with Gasteiger partial charge in [-0.3, -0.25) is 14.3 Å². The maximum atomic E-state index is 12.2. The molecule has 42 heavy (non-hydrogen) atoms. The number of hydrogen-bond acceptors (Lipinski definition) is 7. The number of carboxylic acid groups (broad SMARTS) is 2. The van der Waals surface area contributed by atoms with Crippen molar-refractivity contribution < 1.29 is 24.5 Å². The van der Waals surface area contributed by atoms with Crippen LogP contribution in [0.5, 0.6) is 5.75 Å². The highest BCUT2D eigenvalue weighted by Crippen LogP contribution is 2.44. The van der Waals surface area contributed by atoms with Gasteiger partial charge in [0.2, 0.25) is 0 Å². The molecule has 3 aromatic heterocycles. The van der Waals surface area contributed by atoms with Crippen molar-refractivity contribution >= 4 is 34.6 Å². The fraction of sp³-hybridized carbons (Fsp3) is 0.250. The molecule has 10 heteroatoms. The second-order valence-electron chi connectivity index (χ2n) is 9.98. The smallest absolute Gasteiger partial charge is 0.318 e. The molecule has 0 saturated heterocycles. The molecule has 0 fully saturated rings. The third-order valence-electron chi connectivity index (χ3n) is 7.59. The third-order valence-corrected chi connectivity index (χ3v) is 9.40. The number of ether oxygens (including phenoxy) is 1. The summed E-state index contributed by atoms with van der Waals surface area (Å²) in [7, 11) is 0. The summed E-state index contributed by atoms with van der Waals surface area (Å²) < 4.78 is 7.74. The van der Waals surface area contributed by atoms with Gasteiger partial charge in [-0.1, -0.05) is 62.4 Å². The Morgan fingerprint density at radius 1 is 0.952 bits per heavy atom. The van der Waals surface area contributed by atoms with Crippen LogP contribution in [-0.2, 0) is 28.2 Å².